The molecule has 0 aromatic heterocycles. The smallest absolute Gasteiger partial charge is 0.196 e. The molecule has 2 nitrogen and oxygen atoms in total. The first-order valence-corrected chi connectivity index (χ1v) is 4.48. The van der Waals surface area contributed by atoms with Crippen molar-refractivity contribution in [1.82, 2.24) is 0 Å². The molecule has 1 aliphatic carbocycles. The van der Waals surface area contributed by atoms with Crippen molar-refractivity contribution < 1.29 is 9.90 Å². The fraction of sp³-hybridized carbons (Fsp3) is 0.0833. The van der Waals surface area contributed by atoms with Gasteiger partial charge in [-0.25, -0.2) is 0 Å². The molecule has 0 fully saturated rings. The highest BCUT2D eigenvalue weighted by molar-refractivity contribution is 6.12. The summed E-state index contributed by atoms with van der Waals surface area (Å²) in [5, 5.41) is 9.47. The van der Waals surface area contributed by atoms with Crippen LogP contribution in [0, 0.1) is 0 Å². The summed E-state index contributed by atoms with van der Waals surface area (Å²) in [6.45, 7) is 0. The Bertz CT molecular complexity index is 428. The summed E-state index contributed by atoms with van der Waals surface area (Å²) in [6.07, 6.45) is 6.37. The number of phenols is 1. The van der Waals surface area contributed by atoms with E-state index in [0.29, 0.717) is 11.1 Å². The van der Waals surface area contributed by atoms with Crippen LogP contribution >= 0.6 is 0 Å². The van der Waals surface area contributed by atoms with E-state index in [1.54, 1.807) is 24.3 Å². The van der Waals surface area contributed by atoms with Crippen LogP contribution < -0.4 is 0 Å². The van der Waals surface area contributed by atoms with Crippen LogP contribution in [0.1, 0.15) is 16.8 Å². The molecule has 70 valence electrons. The number of para-hydroxylation sites is 1. The van der Waals surface area contributed by atoms with Crippen LogP contribution in [-0.2, 0) is 0 Å². The quantitative estimate of drug-likeness (QED) is 0.720. The minimum Gasteiger partial charge on any atom is -0.507 e. The van der Waals surface area contributed by atoms with Crippen LogP contribution in [0.3, 0.4) is 0 Å². The molecule has 0 atom stereocenters. The minimum absolute atomic E-state index is 0.0405. The topological polar surface area (TPSA) is 37.3 Å². The van der Waals surface area contributed by atoms with Crippen LogP contribution in [0.2, 0.25) is 0 Å². The van der Waals surface area contributed by atoms with Gasteiger partial charge in [0.15, 0.2) is 5.78 Å². The van der Waals surface area contributed by atoms with Crippen molar-refractivity contribution in [2.45, 2.75) is 6.42 Å². The van der Waals surface area contributed by atoms with Crippen LogP contribution in [0.15, 0.2) is 48.1 Å². The van der Waals surface area contributed by atoms with E-state index in [1.807, 2.05) is 12.2 Å². The van der Waals surface area contributed by atoms with Crippen LogP contribution in [-0.4, -0.2) is 10.9 Å². The van der Waals surface area contributed by atoms with Crippen molar-refractivity contribution in [3.8, 4) is 5.75 Å². The first kappa shape index (κ1) is 8.75. The largest absolute Gasteiger partial charge is 0.507 e. The van der Waals surface area contributed by atoms with Gasteiger partial charge in [-0.15, -0.1) is 0 Å². The van der Waals surface area contributed by atoms with Crippen LogP contribution in [0.25, 0.3) is 0 Å². The zero-order valence-corrected chi connectivity index (χ0v) is 7.60. The molecule has 0 bridgehead atoms. The normalized spacial score (nSPS) is 14.1. The molecule has 0 aliphatic heterocycles. The highest BCUT2D eigenvalue weighted by Gasteiger charge is 2.14. The van der Waals surface area contributed by atoms with E-state index < -0.39 is 0 Å². The monoisotopic (exact) mass is 186 g/mol. The number of benzene rings is 1. The number of hydrogen-bond acceptors (Lipinski definition) is 2. The molecule has 2 heteroatoms. The molecule has 0 amide bonds. The summed E-state index contributed by atoms with van der Waals surface area (Å²) >= 11 is 0. The number of Topliss-reactive ketones (excluding diaryl/α,β-unsaturated/α-hetero) is 1. The Balaban J connectivity index is 2.36. The van der Waals surface area contributed by atoms with Crippen molar-refractivity contribution in [3.05, 3.63) is 53.6 Å². The van der Waals surface area contributed by atoms with Gasteiger partial charge in [0.2, 0.25) is 0 Å². The SMILES string of the molecule is O=C(C1=CCC=C1)c1ccccc1O. The van der Waals surface area contributed by atoms with E-state index in [4.69, 9.17) is 0 Å². The van der Waals surface area contributed by atoms with Gasteiger partial charge in [-0.3, -0.25) is 4.79 Å². The third kappa shape index (κ3) is 1.46. The van der Waals surface area contributed by atoms with Gasteiger partial charge in [-0.05, 0) is 18.6 Å². The second-order valence-electron chi connectivity index (χ2n) is 3.14. The molecule has 0 unspecified atom stereocenters. The summed E-state index contributed by atoms with van der Waals surface area (Å²) in [5.74, 6) is -0.0736. The Morgan fingerprint density at radius 3 is 2.71 bits per heavy atom. The van der Waals surface area contributed by atoms with Gasteiger partial charge in [0, 0.05) is 5.57 Å². The zero-order chi connectivity index (χ0) is 9.97. The maximum Gasteiger partial charge on any atom is 0.196 e. The van der Waals surface area contributed by atoms with Gasteiger partial charge in [0.1, 0.15) is 5.75 Å². The lowest BCUT2D eigenvalue weighted by Crippen LogP contribution is -2.00. The molecule has 0 heterocycles. The Hall–Kier alpha value is -1.83. The fourth-order valence-corrected chi connectivity index (χ4v) is 1.45. The standard InChI is InChI=1S/C12H10O2/c13-11-8-4-3-7-10(11)12(14)9-5-1-2-6-9/h1,3-8,13H,2H2. The summed E-state index contributed by atoms with van der Waals surface area (Å²) < 4.78 is 0. The Labute approximate surface area is 82.2 Å². The number of phenolic OH excluding ortho intramolecular Hbond substituents is 1. The average molecular weight is 186 g/mol. The second kappa shape index (κ2) is 3.50. The highest BCUT2D eigenvalue weighted by atomic mass is 16.3. The average Bonchev–Trinajstić information content (AvgIpc) is 2.70. The molecule has 0 saturated heterocycles. The lowest BCUT2D eigenvalue weighted by molar-refractivity contribution is 0.103. The first-order valence-electron chi connectivity index (χ1n) is 4.48. The summed E-state index contributed by atoms with van der Waals surface area (Å²) in [7, 11) is 0. The number of hydrogen-bond donors (Lipinski definition) is 1. The Morgan fingerprint density at radius 2 is 2.07 bits per heavy atom. The van der Waals surface area contributed by atoms with Crippen molar-refractivity contribution in [3.63, 3.8) is 0 Å². The van der Waals surface area contributed by atoms with Crippen molar-refractivity contribution in [2.24, 2.45) is 0 Å². The minimum atomic E-state index is -0.114. The maximum atomic E-state index is 11.8. The maximum absolute atomic E-state index is 11.8. The van der Waals surface area contributed by atoms with E-state index >= 15 is 0 Å². The van der Waals surface area contributed by atoms with Crippen molar-refractivity contribution in [1.29, 1.82) is 0 Å². The van der Waals surface area contributed by atoms with Crippen LogP contribution in [0.5, 0.6) is 5.75 Å². The lowest BCUT2D eigenvalue weighted by Gasteiger charge is -2.01. The third-order valence-electron chi connectivity index (χ3n) is 2.18. The second-order valence-corrected chi connectivity index (χ2v) is 3.14. The molecule has 2 rings (SSSR count). The predicted molar refractivity (Wildman–Crippen MR) is 54.3 cm³/mol. The van der Waals surface area contributed by atoms with Crippen LogP contribution in [0.4, 0.5) is 0 Å². The van der Waals surface area contributed by atoms with Gasteiger partial charge < -0.3 is 5.11 Å². The van der Waals surface area contributed by atoms with E-state index in [9.17, 15) is 9.90 Å². The Morgan fingerprint density at radius 1 is 1.29 bits per heavy atom. The van der Waals surface area contributed by atoms with E-state index in [0.717, 1.165) is 6.42 Å². The third-order valence-corrected chi connectivity index (χ3v) is 2.18. The summed E-state index contributed by atoms with van der Waals surface area (Å²) in [5.41, 5.74) is 1.02. The van der Waals surface area contributed by atoms with Gasteiger partial charge in [-0.2, -0.15) is 0 Å². The van der Waals surface area contributed by atoms with E-state index in [-0.39, 0.29) is 11.5 Å². The molecule has 14 heavy (non-hydrogen) atoms. The van der Waals surface area contributed by atoms with Gasteiger partial charge in [0.25, 0.3) is 0 Å². The van der Waals surface area contributed by atoms with E-state index in [2.05, 4.69) is 0 Å². The summed E-state index contributed by atoms with van der Waals surface area (Å²) in [4.78, 5) is 11.8. The molecule has 0 radical (unpaired) electrons. The first-order chi connectivity index (χ1) is 6.79. The number of carbonyl (C=O) groups is 1. The van der Waals surface area contributed by atoms with Crippen molar-refractivity contribution >= 4 is 5.78 Å². The van der Waals surface area contributed by atoms with Gasteiger partial charge in [0.05, 0.1) is 5.56 Å². The fourth-order valence-electron chi connectivity index (χ4n) is 1.45. The number of allylic oxidation sites excluding steroid dienone is 4. The Kier molecular flexibility index (Phi) is 2.19. The molecule has 1 aromatic carbocycles. The van der Waals surface area contributed by atoms with Gasteiger partial charge >= 0.3 is 0 Å². The molecule has 1 aliphatic rings. The number of rotatable bonds is 2. The molecular weight excluding hydrogens is 176 g/mol. The number of carbonyl (C=O) groups excluding carboxylic acids is 1. The predicted octanol–water partition coefficient (Wildman–Crippen LogP) is 2.46. The zero-order valence-electron chi connectivity index (χ0n) is 7.60. The lowest BCUT2D eigenvalue weighted by atomic mass is 10.0. The number of ketones is 1. The number of aromatic hydroxyl groups is 1. The molecular formula is C12H10O2. The molecule has 0 saturated carbocycles. The van der Waals surface area contributed by atoms with Crippen molar-refractivity contribution in [2.75, 3.05) is 0 Å². The molecule has 1 N–H and O–H groups in total. The molecule has 1 aromatic rings. The van der Waals surface area contributed by atoms with Gasteiger partial charge in [-0.1, -0.05) is 30.4 Å². The highest BCUT2D eigenvalue weighted by Crippen LogP contribution is 2.22. The molecule has 0 spiro atoms. The van der Waals surface area contributed by atoms with E-state index in [1.165, 1.54) is 6.07 Å². The summed E-state index contributed by atoms with van der Waals surface area (Å²) in [6, 6.07) is 6.59.